The van der Waals surface area contributed by atoms with Gasteiger partial charge in [-0.15, -0.1) is 11.3 Å². The maximum atomic E-state index is 13.0. The number of anilines is 1. The predicted octanol–water partition coefficient (Wildman–Crippen LogP) is 3.09. The van der Waals surface area contributed by atoms with Crippen LogP contribution in [0.3, 0.4) is 0 Å². The molecule has 1 amide bonds. The van der Waals surface area contributed by atoms with Gasteiger partial charge in [-0.25, -0.2) is 9.37 Å². The molecular formula is C15H17ClFN3O2S. The molecule has 0 bridgehead atoms. The summed E-state index contributed by atoms with van der Waals surface area (Å²) < 4.78 is 18.4. The van der Waals surface area contributed by atoms with Gasteiger partial charge in [0.15, 0.2) is 11.2 Å². The highest BCUT2D eigenvalue weighted by Crippen LogP contribution is 2.25. The zero-order chi connectivity index (χ0) is 17.0. The van der Waals surface area contributed by atoms with Crippen molar-refractivity contribution in [1.82, 2.24) is 10.3 Å². The van der Waals surface area contributed by atoms with Gasteiger partial charge in [0.05, 0.1) is 17.3 Å². The summed E-state index contributed by atoms with van der Waals surface area (Å²) in [6.07, 6.45) is -0.759. The Kier molecular flexibility index (Phi) is 5.79. The summed E-state index contributed by atoms with van der Waals surface area (Å²) in [5.41, 5.74) is 0.777. The number of thiazole rings is 1. The van der Waals surface area contributed by atoms with Crippen molar-refractivity contribution in [1.29, 1.82) is 0 Å². The third kappa shape index (κ3) is 4.80. The molecule has 0 unspecified atom stereocenters. The van der Waals surface area contributed by atoms with Gasteiger partial charge in [0.2, 0.25) is 0 Å². The van der Waals surface area contributed by atoms with Crippen LogP contribution in [0.1, 0.15) is 12.6 Å². The van der Waals surface area contributed by atoms with Crippen molar-refractivity contribution < 1.29 is 13.9 Å². The number of aromatic nitrogens is 1. The van der Waals surface area contributed by atoms with Crippen molar-refractivity contribution >= 4 is 34.0 Å². The Labute approximate surface area is 143 Å². The fourth-order valence-electron chi connectivity index (χ4n) is 1.72. The second kappa shape index (κ2) is 7.61. The maximum absolute atomic E-state index is 13.0. The fraction of sp³-hybridized carbons (Fsp3) is 0.333. The summed E-state index contributed by atoms with van der Waals surface area (Å²) in [4.78, 5) is 18.3. The largest absolute Gasteiger partial charge is 0.479 e. The summed E-state index contributed by atoms with van der Waals surface area (Å²) in [6.45, 7) is 1.91. The molecule has 2 aromatic rings. The van der Waals surface area contributed by atoms with E-state index in [0.717, 1.165) is 16.9 Å². The van der Waals surface area contributed by atoms with Crippen LogP contribution in [0.2, 0.25) is 5.02 Å². The number of nitrogens with zero attached hydrogens (tertiary/aromatic N) is 2. The van der Waals surface area contributed by atoms with Crippen LogP contribution in [0, 0.1) is 5.82 Å². The van der Waals surface area contributed by atoms with Crippen molar-refractivity contribution in [2.75, 3.05) is 19.0 Å². The highest BCUT2D eigenvalue weighted by Gasteiger charge is 2.16. The predicted molar refractivity (Wildman–Crippen MR) is 89.8 cm³/mol. The van der Waals surface area contributed by atoms with Crippen LogP contribution in [0.25, 0.3) is 0 Å². The molecular weight excluding hydrogens is 341 g/mol. The molecule has 2 rings (SSSR count). The quantitative estimate of drug-likeness (QED) is 0.863. The average molecular weight is 358 g/mol. The van der Waals surface area contributed by atoms with Crippen LogP contribution in [0.5, 0.6) is 5.75 Å². The smallest absolute Gasteiger partial charge is 0.261 e. The molecule has 0 saturated carbocycles. The van der Waals surface area contributed by atoms with E-state index in [9.17, 15) is 9.18 Å². The number of hydrogen-bond acceptors (Lipinski definition) is 5. The lowest BCUT2D eigenvalue weighted by Gasteiger charge is -2.15. The van der Waals surface area contributed by atoms with Gasteiger partial charge < -0.3 is 15.0 Å². The van der Waals surface area contributed by atoms with Crippen molar-refractivity contribution in [2.24, 2.45) is 0 Å². The van der Waals surface area contributed by atoms with E-state index in [1.54, 1.807) is 6.92 Å². The minimum Gasteiger partial charge on any atom is -0.479 e. The Hall–Kier alpha value is -1.86. The molecule has 124 valence electrons. The van der Waals surface area contributed by atoms with E-state index < -0.39 is 11.9 Å². The number of benzene rings is 1. The molecule has 0 aliphatic heterocycles. The number of rotatable bonds is 6. The third-order valence-corrected chi connectivity index (χ3v) is 4.29. The second-order valence-corrected chi connectivity index (χ2v) is 6.31. The highest BCUT2D eigenvalue weighted by atomic mass is 35.5. The van der Waals surface area contributed by atoms with Crippen molar-refractivity contribution in [3.8, 4) is 5.75 Å². The lowest BCUT2D eigenvalue weighted by Crippen LogP contribution is -2.36. The van der Waals surface area contributed by atoms with E-state index in [1.165, 1.54) is 23.5 Å². The van der Waals surface area contributed by atoms with E-state index in [-0.39, 0.29) is 16.7 Å². The van der Waals surface area contributed by atoms with Gasteiger partial charge in [0.25, 0.3) is 5.91 Å². The molecule has 1 atom stereocenters. The topological polar surface area (TPSA) is 54.5 Å². The zero-order valence-electron chi connectivity index (χ0n) is 13.0. The number of halogens is 2. The van der Waals surface area contributed by atoms with Gasteiger partial charge in [-0.3, -0.25) is 4.79 Å². The normalized spacial score (nSPS) is 11.9. The molecule has 0 aliphatic rings. The van der Waals surface area contributed by atoms with Crippen LogP contribution < -0.4 is 15.0 Å². The van der Waals surface area contributed by atoms with Gasteiger partial charge in [-0.1, -0.05) is 11.6 Å². The Morgan fingerprint density at radius 3 is 2.87 bits per heavy atom. The number of amides is 1. The standard InChI is InChI=1S/C15H17ClFN3O2S/c1-9(22-13-5-4-10(17)6-12(13)16)14(21)18-7-11-8-23-15(19-11)20(2)3/h4-6,8-9H,7H2,1-3H3,(H,18,21)/t9-/m1/s1. The maximum Gasteiger partial charge on any atom is 0.261 e. The van der Waals surface area contributed by atoms with Gasteiger partial charge in [0.1, 0.15) is 11.6 Å². The summed E-state index contributed by atoms with van der Waals surface area (Å²) in [5, 5.41) is 5.63. The van der Waals surface area contributed by atoms with Gasteiger partial charge in [-0.05, 0) is 25.1 Å². The lowest BCUT2D eigenvalue weighted by atomic mass is 10.3. The molecule has 0 radical (unpaired) electrons. The molecule has 0 saturated heterocycles. The van der Waals surface area contributed by atoms with Crippen LogP contribution in [0.15, 0.2) is 23.6 Å². The van der Waals surface area contributed by atoms with E-state index in [4.69, 9.17) is 16.3 Å². The summed E-state index contributed by atoms with van der Waals surface area (Å²) in [7, 11) is 3.81. The summed E-state index contributed by atoms with van der Waals surface area (Å²) in [5.74, 6) is -0.497. The zero-order valence-corrected chi connectivity index (χ0v) is 14.5. The first-order valence-electron chi connectivity index (χ1n) is 6.88. The fourth-order valence-corrected chi connectivity index (χ4v) is 2.69. The molecule has 0 aliphatic carbocycles. The van der Waals surface area contributed by atoms with E-state index in [1.807, 2.05) is 24.4 Å². The van der Waals surface area contributed by atoms with E-state index in [0.29, 0.717) is 6.54 Å². The second-order valence-electron chi connectivity index (χ2n) is 5.07. The van der Waals surface area contributed by atoms with Gasteiger partial charge >= 0.3 is 0 Å². The molecule has 8 heteroatoms. The van der Waals surface area contributed by atoms with Gasteiger partial charge in [-0.2, -0.15) is 0 Å². The number of hydrogen-bond donors (Lipinski definition) is 1. The first-order chi connectivity index (χ1) is 10.9. The molecule has 5 nitrogen and oxygen atoms in total. The molecule has 0 fully saturated rings. The van der Waals surface area contributed by atoms with Crippen molar-refractivity contribution in [3.63, 3.8) is 0 Å². The molecule has 0 spiro atoms. The lowest BCUT2D eigenvalue weighted by molar-refractivity contribution is -0.127. The SMILES string of the molecule is C[C@@H](Oc1ccc(F)cc1Cl)C(=O)NCc1csc(N(C)C)n1. The van der Waals surface area contributed by atoms with Gasteiger partial charge in [0, 0.05) is 19.5 Å². The number of carbonyl (C=O) groups is 1. The number of ether oxygens (including phenoxy) is 1. The molecule has 1 heterocycles. The Balaban J connectivity index is 1.89. The van der Waals surface area contributed by atoms with E-state index in [2.05, 4.69) is 10.3 Å². The van der Waals surface area contributed by atoms with Crippen molar-refractivity contribution in [3.05, 3.63) is 40.1 Å². The molecule has 1 aromatic heterocycles. The van der Waals surface area contributed by atoms with Crippen LogP contribution in [-0.4, -0.2) is 31.1 Å². The Morgan fingerprint density at radius 2 is 2.26 bits per heavy atom. The first kappa shape index (κ1) is 17.5. The van der Waals surface area contributed by atoms with E-state index >= 15 is 0 Å². The molecule has 1 N–H and O–H groups in total. The Morgan fingerprint density at radius 1 is 1.52 bits per heavy atom. The first-order valence-corrected chi connectivity index (χ1v) is 8.13. The number of nitrogens with one attached hydrogen (secondary N) is 1. The number of carbonyl (C=O) groups excluding carboxylic acids is 1. The average Bonchev–Trinajstić information content (AvgIpc) is 2.96. The highest BCUT2D eigenvalue weighted by molar-refractivity contribution is 7.13. The third-order valence-electron chi connectivity index (χ3n) is 2.93. The summed E-state index contributed by atoms with van der Waals surface area (Å²) in [6, 6.07) is 3.76. The summed E-state index contributed by atoms with van der Waals surface area (Å²) >= 11 is 7.38. The minimum absolute atomic E-state index is 0.125. The molecule has 1 aromatic carbocycles. The van der Waals surface area contributed by atoms with Crippen LogP contribution in [-0.2, 0) is 11.3 Å². The van der Waals surface area contributed by atoms with Crippen molar-refractivity contribution in [2.45, 2.75) is 19.6 Å². The van der Waals surface area contributed by atoms with Crippen LogP contribution >= 0.6 is 22.9 Å². The van der Waals surface area contributed by atoms with Crippen LogP contribution in [0.4, 0.5) is 9.52 Å². The Bertz CT molecular complexity index is 693. The monoisotopic (exact) mass is 357 g/mol. The molecule has 23 heavy (non-hydrogen) atoms. The minimum atomic E-state index is -0.759.